The second kappa shape index (κ2) is 8.44. The molecule has 7 heteroatoms. The van der Waals surface area contributed by atoms with Crippen LogP contribution in [0.2, 0.25) is 5.02 Å². The summed E-state index contributed by atoms with van der Waals surface area (Å²) in [6.07, 6.45) is -0.759. The van der Waals surface area contributed by atoms with Crippen molar-refractivity contribution >= 4 is 11.6 Å². The summed E-state index contributed by atoms with van der Waals surface area (Å²) < 4.78 is 24.3. The molecule has 0 amide bonds. The second-order valence-electron chi connectivity index (χ2n) is 6.88. The summed E-state index contributed by atoms with van der Waals surface area (Å²) in [4.78, 5) is 2.03. The minimum atomic E-state index is -0.771. The van der Waals surface area contributed by atoms with Crippen molar-refractivity contribution in [3.05, 3.63) is 58.9 Å². The number of benzene rings is 2. The molecule has 1 aliphatic rings. The summed E-state index contributed by atoms with van der Waals surface area (Å²) in [6.45, 7) is 0.633. The molecule has 3 rings (SSSR count). The van der Waals surface area contributed by atoms with E-state index in [1.807, 2.05) is 36.2 Å². The van der Waals surface area contributed by atoms with E-state index in [9.17, 15) is 9.50 Å². The highest BCUT2D eigenvalue weighted by Crippen LogP contribution is 2.30. The lowest BCUT2D eigenvalue weighted by Crippen LogP contribution is -2.48. The quantitative estimate of drug-likeness (QED) is 0.788. The summed E-state index contributed by atoms with van der Waals surface area (Å²) in [5.74, 6) is 0.700. The van der Waals surface area contributed by atoms with E-state index in [2.05, 4.69) is 0 Å². The monoisotopic (exact) mass is 394 g/mol. The van der Waals surface area contributed by atoms with Gasteiger partial charge in [0, 0.05) is 25.1 Å². The predicted octanol–water partition coefficient (Wildman–Crippen LogP) is 2.83. The van der Waals surface area contributed by atoms with Crippen LogP contribution in [0.3, 0.4) is 0 Å². The van der Waals surface area contributed by atoms with Crippen molar-refractivity contribution in [2.45, 2.75) is 37.3 Å². The Morgan fingerprint density at radius 1 is 1.22 bits per heavy atom. The Hall–Kier alpha value is -1.86. The Bertz CT molecular complexity index is 774. The average Bonchev–Trinajstić information content (AvgIpc) is 2.92. The SMILES string of the molecule is COc1ccc(CN(C)[C@@H]2[C@@H](O)[C@H](Oc3ccc(F)c(Cl)c3)C[C@H]2N)cc1. The topological polar surface area (TPSA) is 68.0 Å². The van der Waals surface area contributed by atoms with Gasteiger partial charge < -0.3 is 20.3 Å². The van der Waals surface area contributed by atoms with Gasteiger partial charge in [-0.3, -0.25) is 4.90 Å². The van der Waals surface area contributed by atoms with Crippen LogP contribution in [-0.4, -0.2) is 48.5 Å². The number of halogens is 2. The van der Waals surface area contributed by atoms with Crippen LogP contribution in [0.15, 0.2) is 42.5 Å². The number of likely N-dealkylation sites (N-methyl/N-ethyl adjacent to an activating group) is 1. The lowest BCUT2D eigenvalue weighted by atomic mass is 10.1. The first-order valence-corrected chi connectivity index (χ1v) is 9.15. The first-order chi connectivity index (χ1) is 12.9. The maximum atomic E-state index is 13.3. The van der Waals surface area contributed by atoms with Gasteiger partial charge in [-0.25, -0.2) is 4.39 Å². The van der Waals surface area contributed by atoms with Crippen molar-refractivity contribution in [3.63, 3.8) is 0 Å². The van der Waals surface area contributed by atoms with E-state index in [1.165, 1.54) is 18.2 Å². The Kier molecular flexibility index (Phi) is 6.22. The first-order valence-electron chi connectivity index (χ1n) is 8.77. The summed E-state index contributed by atoms with van der Waals surface area (Å²) in [7, 11) is 3.55. The molecule has 2 aromatic rings. The molecule has 1 aliphatic carbocycles. The van der Waals surface area contributed by atoms with Crippen molar-refractivity contribution in [2.24, 2.45) is 5.73 Å². The van der Waals surface area contributed by atoms with Crippen LogP contribution >= 0.6 is 11.6 Å². The molecule has 0 saturated heterocycles. The summed E-state index contributed by atoms with van der Waals surface area (Å²) in [5, 5.41) is 10.7. The third-order valence-electron chi connectivity index (χ3n) is 4.95. The van der Waals surface area contributed by atoms with Gasteiger partial charge >= 0.3 is 0 Å². The number of methoxy groups -OCH3 is 1. The molecule has 0 spiro atoms. The molecule has 5 nitrogen and oxygen atoms in total. The average molecular weight is 395 g/mol. The molecule has 27 heavy (non-hydrogen) atoms. The van der Waals surface area contributed by atoms with Gasteiger partial charge in [-0.05, 0) is 36.9 Å². The summed E-state index contributed by atoms with van der Waals surface area (Å²) in [5.41, 5.74) is 7.37. The number of ether oxygens (including phenoxy) is 2. The molecule has 0 radical (unpaired) electrons. The number of hydrogen-bond acceptors (Lipinski definition) is 5. The van der Waals surface area contributed by atoms with Gasteiger partial charge in [0.2, 0.25) is 0 Å². The minimum Gasteiger partial charge on any atom is -0.497 e. The highest BCUT2D eigenvalue weighted by atomic mass is 35.5. The molecule has 1 fully saturated rings. The van der Waals surface area contributed by atoms with Crippen molar-refractivity contribution in [1.29, 1.82) is 0 Å². The lowest BCUT2D eigenvalue weighted by Gasteiger charge is -2.30. The van der Waals surface area contributed by atoms with Crippen LogP contribution in [0.4, 0.5) is 4.39 Å². The van der Waals surface area contributed by atoms with E-state index in [-0.39, 0.29) is 17.1 Å². The molecule has 0 unspecified atom stereocenters. The zero-order chi connectivity index (χ0) is 19.6. The molecule has 1 saturated carbocycles. The van der Waals surface area contributed by atoms with Gasteiger partial charge in [-0.15, -0.1) is 0 Å². The van der Waals surface area contributed by atoms with E-state index in [0.717, 1.165) is 11.3 Å². The van der Waals surface area contributed by atoms with Gasteiger partial charge in [0.15, 0.2) is 0 Å². The van der Waals surface area contributed by atoms with Crippen molar-refractivity contribution in [1.82, 2.24) is 4.90 Å². The van der Waals surface area contributed by atoms with E-state index < -0.39 is 18.0 Å². The molecule has 0 aromatic heterocycles. The minimum absolute atomic E-state index is 0.0162. The number of hydrogen-bond donors (Lipinski definition) is 2. The highest BCUT2D eigenvalue weighted by molar-refractivity contribution is 6.30. The zero-order valence-electron chi connectivity index (χ0n) is 15.3. The van der Waals surface area contributed by atoms with E-state index in [4.69, 9.17) is 26.8 Å². The normalized spacial score (nSPS) is 25.0. The van der Waals surface area contributed by atoms with Crippen LogP contribution in [0.1, 0.15) is 12.0 Å². The highest BCUT2D eigenvalue weighted by Gasteiger charge is 2.44. The number of nitrogens with zero attached hydrogens (tertiary/aromatic N) is 1. The van der Waals surface area contributed by atoms with Crippen molar-refractivity contribution in [3.8, 4) is 11.5 Å². The Balaban J connectivity index is 1.65. The Morgan fingerprint density at radius 3 is 2.52 bits per heavy atom. The molecule has 3 N–H and O–H groups in total. The standard InChI is InChI=1S/C20H24ClFN2O3/c1-24(11-12-3-5-13(26-2)6-4-12)19-17(23)10-18(20(19)25)27-14-7-8-16(22)15(21)9-14/h3-9,17-20,25H,10-11,23H2,1-2H3/t17-,18-,19+,20+/m1/s1. The number of nitrogens with two attached hydrogens (primary N) is 1. The molecule has 4 atom stereocenters. The molecular weight excluding hydrogens is 371 g/mol. The fourth-order valence-corrected chi connectivity index (χ4v) is 3.75. The van der Waals surface area contributed by atoms with Crippen molar-refractivity contribution in [2.75, 3.05) is 14.2 Å². The van der Waals surface area contributed by atoms with Crippen molar-refractivity contribution < 1.29 is 19.0 Å². The fraction of sp³-hybridized carbons (Fsp3) is 0.400. The molecule has 0 bridgehead atoms. The number of aliphatic hydroxyl groups is 1. The predicted molar refractivity (Wildman–Crippen MR) is 103 cm³/mol. The molecule has 0 aliphatic heterocycles. The molecular formula is C20H24ClFN2O3. The van der Waals surface area contributed by atoms with Gasteiger partial charge in [0.25, 0.3) is 0 Å². The largest absolute Gasteiger partial charge is 0.497 e. The third-order valence-corrected chi connectivity index (χ3v) is 5.24. The van der Waals surface area contributed by atoms with E-state index >= 15 is 0 Å². The zero-order valence-corrected chi connectivity index (χ0v) is 16.1. The number of rotatable bonds is 6. The van der Waals surface area contributed by atoms with Crippen LogP contribution in [0, 0.1) is 5.82 Å². The maximum Gasteiger partial charge on any atom is 0.142 e. The van der Waals surface area contributed by atoms with Crippen LogP contribution < -0.4 is 15.2 Å². The lowest BCUT2D eigenvalue weighted by molar-refractivity contribution is 0.0137. The van der Waals surface area contributed by atoms with Gasteiger partial charge in [-0.1, -0.05) is 23.7 Å². The van der Waals surface area contributed by atoms with Gasteiger partial charge in [-0.2, -0.15) is 0 Å². The first kappa shape index (κ1) is 19.9. The number of aliphatic hydroxyl groups excluding tert-OH is 1. The maximum absolute atomic E-state index is 13.3. The van der Waals surface area contributed by atoms with Crippen LogP contribution in [0.25, 0.3) is 0 Å². The fourth-order valence-electron chi connectivity index (χ4n) is 3.58. The molecule has 0 heterocycles. The second-order valence-corrected chi connectivity index (χ2v) is 7.28. The van der Waals surface area contributed by atoms with E-state index in [1.54, 1.807) is 7.11 Å². The van der Waals surface area contributed by atoms with Crippen LogP contribution in [-0.2, 0) is 6.54 Å². The smallest absolute Gasteiger partial charge is 0.142 e. The summed E-state index contributed by atoms with van der Waals surface area (Å²) >= 11 is 5.80. The van der Waals surface area contributed by atoms with Crippen LogP contribution in [0.5, 0.6) is 11.5 Å². The van der Waals surface area contributed by atoms with Gasteiger partial charge in [0.1, 0.15) is 29.5 Å². The van der Waals surface area contributed by atoms with E-state index in [0.29, 0.717) is 18.7 Å². The summed E-state index contributed by atoms with van der Waals surface area (Å²) in [6, 6.07) is 11.4. The molecule has 146 valence electrons. The Morgan fingerprint density at radius 2 is 1.89 bits per heavy atom. The molecule has 2 aromatic carbocycles. The Labute approximate surface area is 163 Å². The third kappa shape index (κ3) is 4.52. The van der Waals surface area contributed by atoms with Gasteiger partial charge in [0.05, 0.1) is 18.2 Å².